The minimum Gasteiger partial charge on any atom is -0.382 e. The van der Waals surface area contributed by atoms with Gasteiger partial charge in [0.15, 0.2) is 0 Å². The molecule has 0 amide bonds. The lowest BCUT2D eigenvalue weighted by atomic mass is 9.86. The zero-order valence-corrected chi connectivity index (χ0v) is 12.9. The van der Waals surface area contributed by atoms with Gasteiger partial charge in [0.05, 0.1) is 0 Å². The second-order valence-electron chi connectivity index (χ2n) is 6.25. The van der Waals surface area contributed by atoms with Gasteiger partial charge in [0.2, 0.25) is 0 Å². The fourth-order valence-electron chi connectivity index (χ4n) is 2.14. The molecule has 108 valence electrons. The van der Waals surface area contributed by atoms with Crippen LogP contribution in [0.1, 0.15) is 51.7 Å². The number of hydrogen-bond acceptors (Lipinski definition) is 2. The van der Waals surface area contributed by atoms with E-state index < -0.39 is 0 Å². The molecule has 2 N–H and O–H groups in total. The lowest BCUT2D eigenvalue weighted by Gasteiger charge is -2.19. The van der Waals surface area contributed by atoms with Crippen molar-refractivity contribution in [3.05, 3.63) is 35.4 Å². The largest absolute Gasteiger partial charge is 0.382 e. The highest BCUT2D eigenvalue weighted by Crippen LogP contribution is 2.22. The first-order valence-corrected chi connectivity index (χ1v) is 7.36. The van der Waals surface area contributed by atoms with Crippen LogP contribution >= 0.6 is 0 Å². The van der Waals surface area contributed by atoms with Gasteiger partial charge in [-0.15, -0.1) is 0 Å². The third-order valence-electron chi connectivity index (χ3n) is 3.39. The molecule has 2 nitrogen and oxygen atoms in total. The Morgan fingerprint density at radius 3 is 2.32 bits per heavy atom. The van der Waals surface area contributed by atoms with Gasteiger partial charge < -0.3 is 10.5 Å². The van der Waals surface area contributed by atoms with Crippen LogP contribution in [0.2, 0.25) is 0 Å². The Labute approximate surface area is 118 Å². The molecule has 1 rings (SSSR count). The summed E-state index contributed by atoms with van der Waals surface area (Å²) in [6, 6.07) is 9.11. The number of nitrogens with two attached hydrogens (primary N) is 1. The number of hydrogen-bond donors (Lipinski definition) is 1. The van der Waals surface area contributed by atoms with Crippen LogP contribution in [0.3, 0.4) is 0 Å². The average Bonchev–Trinajstić information content (AvgIpc) is 2.34. The molecule has 1 unspecified atom stereocenters. The molecule has 0 aliphatic rings. The molecular weight excluding hydrogens is 234 g/mol. The summed E-state index contributed by atoms with van der Waals surface area (Å²) in [5, 5.41) is 0. The van der Waals surface area contributed by atoms with Crippen LogP contribution < -0.4 is 5.73 Å². The molecule has 0 saturated carbocycles. The van der Waals surface area contributed by atoms with Gasteiger partial charge in [0.1, 0.15) is 0 Å². The van der Waals surface area contributed by atoms with E-state index in [2.05, 4.69) is 45.0 Å². The minimum atomic E-state index is 0.220. The van der Waals surface area contributed by atoms with Gasteiger partial charge in [0, 0.05) is 19.3 Å². The van der Waals surface area contributed by atoms with E-state index in [1.807, 2.05) is 6.92 Å². The zero-order valence-electron chi connectivity index (χ0n) is 12.9. The van der Waals surface area contributed by atoms with Crippen molar-refractivity contribution in [1.82, 2.24) is 0 Å². The zero-order chi connectivity index (χ0) is 14.3. The standard InChI is InChI=1S/C17H29NO/c1-5-19-12-6-7-16(18)13-14-8-10-15(11-9-14)17(2,3)4/h8-11,16H,5-7,12-13,18H2,1-4H3. The monoisotopic (exact) mass is 263 g/mol. The van der Waals surface area contributed by atoms with Gasteiger partial charge in [-0.1, -0.05) is 45.0 Å². The molecule has 1 aromatic rings. The quantitative estimate of drug-likeness (QED) is 0.762. The SMILES string of the molecule is CCOCCCC(N)Cc1ccc(C(C)(C)C)cc1. The summed E-state index contributed by atoms with van der Waals surface area (Å²) in [6.07, 6.45) is 3.03. The third kappa shape index (κ3) is 6.22. The Kier molecular flexibility index (Phi) is 6.53. The summed E-state index contributed by atoms with van der Waals surface area (Å²) < 4.78 is 5.33. The van der Waals surface area contributed by atoms with Crippen molar-refractivity contribution in [2.45, 2.75) is 58.4 Å². The predicted octanol–water partition coefficient (Wildman–Crippen LogP) is 3.67. The third-order valence-corrected chi connectivity index (χ3v) is 3.39. The lowest BCUT2D eigenvalue weighted by molar-refractivity contribution is 0.142. The molecule has 19 heavy (non-hydrogen) atoms. The van der Waals surface area contributed by atoms with Crippen molar-refractivity contribution < 1.29 is 4.74 Å². The van der Waals surface area contributed by atoms with E-state index in [4.69, 9.17) is 10.5 Å². The highest BCUT2D eigenvalue weighted by molar-refractivity contribution is 5.27. The molecule has 0 spiro atoms. The summed E-state index contributed by atoms with van der Waals surface area (Å²) in [5.41, 5.74) is 9.08. The van der Waals surface area contributed by atoms with Crippen molar-refractivity contribution in [3.8, 4) is 0 Å². The van der Waals surface area contributed by atoms with Crippen LogP contribution in [-0.4, -0.2) is 19.3 Å². The Morgan fingerprint density at radius 2 is 1.79 bits per heavy atom. The van der Waals surface area contributed by atoms with Crippen molar-refractivity contribution in [1.29, 1.82) is 0 Å². The molecule has 0 saturated heterocycles. The summed E-state index contributed by atoms with van der Waals surface area (Å²) in [6.45, 7) is 10.4. The van der Waals surface area contributed by atoms with Crippen molar-refractivity contribution in [3.63, 3.8) is 0 Å². The van der Waals surface area contributed by atoms with Gasteiger partial charge >= 0.3 is 0 Å². The maximum absolute atomic E-state index is 6.16. The van der Waals surface area contributed by atoms with E-state index in [0.29, 0.717) is 0 Å². The Balaban J connectivity index is 2.40. The van der Waals surface area contributed by atoms with Crippen LogP contribution in [0, 0.1) is 0 Å². The fourth-order valence-corrected chi connectivity index (χ4v) is 2.14. The maximum atomic E-state index is 6.16. The van der Waals surface area contributed by atoms with E-state index in [1.54, 1.807) is 0 Å². The van der Waals surface area contributed by atoms with E-state index >= 15 is 0 Å². The van der Waals surface area contributed by atoms with Crippen molar-refractivity contribution in [2.24, 2.45) is 5.73 Å². The molecule has 1 atom stereocenters. The average molecular weight is 263 g/mol. The normalized spacial score (nSPS) is 13.5. The predicted molar refractivity (Wildman–Crippen MR) is 82.5 cm³/mol. The smallest absolute Gasteiger partial charge is 0.0466 e. The molecule has 0 aliphatic carbocycles. The van der Waals surface area contributed by atoms with Crippen molar-refractivity contribution >= 4 is 0 Å². The number of rotatable bonds is 7. The summed E-state index contributed by atoms with van der Waals surface area (Å²) in [5.74, 6) is 0. The van der Waals surface area contributed by atoms with Crippen LogP contribution in [-0.2, 0) is 16.6 Å². The van der Waals surface area contributed by atoms with Gasteiger partial charge in [0.25, 0.3) is 0 Å². The highest BCUT2D eigenvalue weighted by atomic mass is 16.5. The van der Waals surface area contributed by atoms with E-state index in [1.165, 1.54) is 11.1 Å². The van der Waals surface area contributed by atoms with Gasteiger partial charge in [-0.25, -0.2) is 0 Å². The second-order valence-corrected chi connectivity index (χ2v) is 6.25. The molecule has 0 aliphatic heterocycles. The molecule has 0 bridgehead atoms. The van der Waals surface area contributed by atoms with Crippen LogP contribution in [0.4, 0.5) is 0 Å². The summed E-state index contributed by atoms with van der Waals surface area (Å²) in [4.78, 5) is 0. The van der Waals surface area contributed by atoms with Gasteiger partial charge in [-0.2, -0.15) is 0 Å². The van der Waals surface area contributed by atoms with Crippen LogP contribution in [0.15, 0.2) is 24.3 Å². The van der Waals surface area contributed by atoms with E-state index in [9.17, 15) is 0 Å². The molecule has 2 heteroatoms. The lowest BCUT2D eigenvalue weighted by Crippen LogP contribution is -2.23. The fraction of sp³-hybridized carbons (Fsp3) is 0.647. The molecule has 0 fully saturated rings. The van der Waals surface area contributed by atoms with E-state index in [0.717, 1.165) is 32.5 Å². The number of benzene rings is 1. The Morgan fingerprint density at radius 1 is 1.16 bits per heavy atom. The second kappa shape index (κ2) is 7.66. The van der Waals surface area contributed by atoms with Crippen LogP contribution in [0.25, 0.3) is 0 Å². The first-order valence-electron chi connectivity index (χ1n) is 7.36. The summed E-state index contributed by atoms with van der Waals surface area (Å²) >= 11 is 0. The molecule has 0 heterocycles. The molecule has 1 aromatic carbocycles. The Hall–Kier alpha value is -0.860. The molecule has 0 radical (unpaired) electrons. The minimum absolute atomic E-state index is 0.220. The van der Waals surface area contributed by atoms with Gasteiger partial charge in [-0.3, -0.25) is 0 Å². The maximum Gasteiger partial charge on any atom is 0.0466 e. The van der Waals surface area contributed by atoms with Crippen molar-refractivity contribution in [2.75, 3.05) is 13.2 Å². The topological polar surface area (TPSA) is 35.2 Å². The first-order chi connectivity index (χ1) is 8.93. The number of ether oxygens (including phenoxy) is 1. The summed E-state index contributed by atoms with van der Waals surface area (Å²) in [7, 11) is 0. The molecular formula is C17H29NO. The highest BCUT2D eigenvalue weighted by Gasteiger charge is 2.13. The first kappa shape index (κ1) is 16.2. The van der Waals surface area contributed by atoms with Gasteiger partial charge in [-0.05, 0) is 42.7 Å². The van der Waals surface area contributed by atoms with Crippen LogP contribution in [0.5, 0.6) is 0 Å². The van der Waals surface area contributed by atoms with E-state index in [-0.39, 0.29) is 11.5 Å². The Bertz CT molecular complexity index is 351. The molecule has 0 aromatic heterocycles.